The van der Waals surface area contributed by atoms with E-state index in [1.807, 2.05) is 4.90 Å². The van der Waals surface area contributed by atoms with Gasteiger partial charge in [-0.3, -0.25) is 18.8 Å². The fourth-order valence-electron chi connectivity index (χ4n) is 5.94. The summed E-state index contributed by atoms with van der Waals surface area (Å²) in [6.07, 6.45) is 1.22. The zero-order valence-corrected chi connectivity index (χ0v) is 46.0. The molecule has 0 radical (unpaired) electrons. The van der Waals surface area contributed by atoms with Crippen molar-refractivity contribution in [2.75, 3.05) is 55.6 Å². The zero-order valence-electron chi connectivity index (χ0n) is 41.1. The van der Waals surface area contributed by atoms with Crippen LogP contribution in [0.5, 0.6) is 10.1 Å². The van der Waals surface area contributed by atoms with Gasteiger partial charge in [-0.1, -0.05) is 67.0 Å². The first kappa shape index (κ1) is 52.4. The summed E-state index contributed by atoms with van der Waals surface area (Å²) in [6.45, 7) is -1.49. The van der Waals surface area contributed by atoms with Crippen molar-refractivity contribution < 1.29 is 65.6 Å². The number of methoxy groups -OCH3 is 2. The van der Waals surface area contributed by atoms with Crippen LogP contribution >= 0.6 is 150 Å². The summed E-state index contributed by atoms with van der Waals surface area (Å²) in [5.41, 5.74) is 2.73. The summed E-state index contributed by atoms with van der Waals surface area (Å²) in [5.74, 6) is -1.78. The molecule has 6 rings (SSSR count). The third-order valence-corrected chi connectivity index (χ3v) is 14.6. The number of thiophene rings is 2. The number of benzene rings is 2. The molecule has 63 heavy (non-hydrogen) atoms. The highest BCUT2D eigenvalue weighted by Crippen LogP contribution is 2.52. The van der Waals surface area contributed by atoms with Crippen LogP contribution in [0.25, 0.3) is 0 Å². The smallest absolute Gasteiger partial charge is 0.530 e. The molecule has 2 aliphatic rings. The van der Waals surface area contributed by atoms with Crippen LogP contribution in [0.1, 0.15) is 61.2 Å². The molecule has 0 saturated carbocycles. The first-order chi connectivity index (χ1) is 31.4. The number of fused-ring (bicyclic) bond motifs is 2. The number of phosphoric ester groups is 1. The van der Waals surface area contributed by atoms with E-state index in [9.17, 15) is 23.8 Å². The molecule has 2 aliphatic heterocycles. The van der Waals surface area contributed by atoms with Gasteiger partial charge in [-0.25, -0.2) is 18.7 Å². The second-order valence-electron chi connectivity index (χ2n) is 11.9. The summed E-state index contributed by atoms with van der Waals surface area (Å²) in [6, 6.07) is 15.0. The predicted octanol–water partition coefficient (Wildman–Crippen LogP) is 12.3. The molecule has 2 atom stereocenters. The molecule has 0 fully saturated rings. The molecule has 1 N–H and O–H groups in total. The monoisotopic (exact) mass is 1310 g/mol. The molecular weight excluding hydrogens is 1250 g/mol. The van der Waals surface area contributed by atoms with Gasteiger partial charge in [0.1, 0.15) is 12.1 Å². The molecule has 2 aromatic carbocycles. The highest BCUT2D eigenvalue weighted by Gasteiger charge is 2.35. The molecular formula is C37H54Cl3I2N2O12P2S5-. The topological polar surface area (TPSA) is 160 Å². The fraction of sp³-hybridized carbons (Fsp3) is 0.405. The highest BCUT2D eigenvalue weighted by molar-refractivity contribution is 15.0. The van der Waals surface area contributed by atoms with E-state index in [1.165, 1.54) is 51.1 Å². The van der Waals surface area contributed by atoms with Crippen LogP contribution in [0.3, 0.4) is 0 Å². The van der Waals surface area contributed by atoms with Crippen LogP contribution in [-0.4, -0.2) is 83.6 Å². The standard InChI is InChI=1S/C18H21ClNO6PS.C16H16ClNO3S.C2H6ClO3P.CH4.I2.3H2S.H/c1-23-18(21)17(13-6-4-5-7-14(13)19)20-9-8-15-12(11-20)10-16(28-15)26-27(22,24-2)25-3;1-21-16(20)15(11-4-2-3-5-12(11)17)18-7-6-13-10(9-18)8-14(19)22-13;1-5-7(3,4)6-2;;1-2;;;;/h4-7,10,17H,8-9,11H2,1-3H3;2-5,8,15,19H,6-7,9H2,1H3;1-2H3;1H4;;3*1H2;/q;;;;;;;;-1/t17-;15-;;;;;;;/m00......./s1/i2*1D3;;;;;;;1+1/hT. The number of hydrogen-bond acceptors (Lipinski definition) is 16. The molecule has 0 bridgehead atoms. The Kier molecular flexibility index (Phi) is 26.5. The third kappa shape index (κ3) is 18.8. The van der Waals surface area contributed by atoms with Crippen LogP contribution < -0.4 is 4.52 Å². The number of esters is 2. The van der Waals surface area contributed by atoms with E-state index >= 15 is 0 Å². The fourth-order valence-corrected chi connectivity index (χ4v) is 9.35. The lowest BCUT2D eigenvalue weighted by Gasteiger charge is -2.33. The number of hydrogen-bond donors (Lipinski definition) is 1. The van der Waals surface area contributed by atoms with Gasteiger partial charge in [0.05, 0.1) is 23.4 Å². The summed E-state index contributed by atoms with van der Waals surface area (Å²) < 4.78 is 104. The largest absolute Gasteiger partial charge is 1.00 e. The Morgan fingerprint density at radius 1 is 0.794 bits per heavy atom. The first-order valence-corrected chi connectivity index (χ1v) is 29.3. The number of nitrogens with zero attached hydrogens (tertiary/aromatic N) is 2. The Bertz CT molecular complexity index is 2320. The summed E-state index contributed by atoms with van der Waals surface area (Å²) >= 11 is 27.2. The number of aromatic hydroxyl groups is 1. The average molecular weight is 1310 g/mol. The van der Waals surface area contributed by atoms with Crippen molar-refractivity contribution in [3.8, 4) is 10.1 Å². The van der Waals surface area contributed by atoms with E-state index in [4.69, 9.17) is 62.1 Å². The lowest BCUT2D eigenvalue weighted by molar-refractivity contribution is -0.148. The molecule has 26 heteroatoms. The van der Waals surface area contributed by atoms with Crippen molar-refractivity contribution in [1.29, 1.82) is 1.12 Å². The van der Waals surface area contributed by atoms with E-state index in [1.54, 1.807) is 65.6 Å². The number of ether oxygens (including phenoxy) is 2. The van der Waals surface area contributed by atoms with Gasteiger partial charge in [-0.15, -0.1) is 22.7 Å². The second kappa shape index (κ2) is 31.9. The van der Waals surface area contributed by atoms with Gasteiger partial charge >= 0.3 is 26.7 Å². The molecule has 0 saturated heterocycles. The summed E-state index contributed by atoms with van der Waals surface area (Å²) in [7, 11) is -4.50. The minimum atomic E-state index is -3.70. The maximum atomic E-state index is 12.8. The van der Waals surface area contributed by atoms with E-state index in [0.29, 0.717) is 65.3 Å². The van der Waals surface area contributed by atoms with Gasteiger partial charge in [0.25, 0.3) is 0 Å². The maximum absolute atomic E-state index is 12.8. The van der Waals surface area contributed by atoms with Crippen molar-refractivity contribution in [3.05, 3.63) is 103 Å². The van der Waals surface area contributed by atoms with Gasteiger partial charge in [0, 0.05) is 123 Å². The Morgan fingerprint density at radius 2 is 1.21 bits per heavy atom. The second-order valence-corrected chi connectivity index (χ2v) is 19.5. The number of phosphoric acid groups is 1. The SMILES string of the molecule is C.COP(=O)(Cl)OC.II.S.S.[2H-].[2H]C([2H])([2H])OC(=O)[C@H](c1ccccc1Cl)N1CCc2sc(O)cc2C1.[2H]C([2H])([2H])OC(=O)[C@H](c1ccccc1Cl)N1CCc2sc(OP(=O)(OC)OC)cc2C1.[3H]S. The molecule has 4 aromatic rings. The van der Waals surface area contributed by atoms with Gasteiger partial charge < -0.3 is 29.6 Å². The zero-order chi connectivity index (χ0) is 50.9. The lowest BCUT2D eigenvalue weighted by Crippen LogP contribution is -2.38. The van der Waals surface area contributed by atoms with Gasteiger partial charge in [0.15, 0.2) is 10.1 Å². The Hall–Kier alpha value is -0.0200. The van der Waals surface area contributed by atoms with Crippen LogP contribution in [0, 0.1) is 0 Å². The normalized spacial score (nSPS) is 15.9. The predicted molar refractivity (Wildman–Crippen MR) is 288 cm³/mol. The molecule has 4 heterocycles. The van der Waals surface area contributed by atoms with Crippen LogP contribution in [0.4, 0.5) is 0 Å². The molecule has 0 aliphatic carbocycles. The maximum Gasteiger partial charge on any atom is 0.530 e. The number of carbonyl (C=O) groups excluding carboxylic acids is 2. The number of carbonyl (C=O) groups is 2. The lowest BCUT2D eigenvalue weighted by atomic mass is 10.0. The summed E-state index contributed by atoms with van der Waals surface area (Å²) in [4.78, 5) is 31.1. The van der Waals surface area contributed by atoms with Gasteiger partial charge in [0.2, 0.25) is 0 Å². The van der Waals surface area contributed by atoms with E-state index < -0.39 is 52.9 Å². The van der Waals surface area contributed by atoms with Crippen molar-refractivity contribution in [1.82, 2.24) is 9.80 Å². The minimum absolute atomic E-state index is 0. The molecule has 360 valence electrons. The number of halogens is 5. The quantitative estimate of drug-likeness (QED) is 0.0811. The Morgan fingerprint density at radius 3 is 1.59 bits per heavy atom. The van der Waals surface area contributed by atoms with Crippen molar-refractivity contribution in [3.63, 3.8) is 0 Å². The van der Waals surface area contributed by atoms with E-state index in [2.05, 4.69) is 64.4 Å². The molecule has 0 unspecified atom stereocenters. The molecule has 0 spiro atoms. The van der Waals surface area contributed by atoms with Crippen molar-refractivity contribution in [2.45, 2.75) is 45.4 Å². The van der Waals surface area contributed by atoms with Crippen molar-refractivity contribution >= 4 is 161 Å². The van der Waals surface area contributed by atoms with E-state index in [-0.39, 0.29) is 40.9 Å². The van der Waals surface area contributed by atoms with E-state index in [0.717, 1.165) is 20.9 Å². The van der Waals surface area contributed by atoms with Gasteiger partial charge in [-0.05, 0) is 59.4 Å². The third-order valence-electron chi connectivity index (χ3n) is 8.62. The highest BCUT2D eigenvalue weighted by atomic mass is 128. The summed E-state index contributed by atoms with van der Waals surface area (Å²) in [5, 5.41) is 11.0. The number of rotatable bonds is 12. The van der Waals surface area contributed by atoms with Gasteiger partial charge in [-0.2, -0.15) is 40.4 Å². The Balaban J connectivity index is -0.00000104. The first-order valence-electron chi connectivity index (χ1n) is 20.2. The van der Waals surface area contributed by atoms with Crippen LogP contribution in [0.2, 0.25) is 10.0 Å². The van der Waals surface area contributed by atoms with Crippen molar-refractivity contribution in [2.24, 2.45) is 0 Å². The average Bonchev–Trinajstić information content (AvgIpc) is 3.86. The molecule has 14 nitrogen and oxygen atoms in total. The van der Waals surface area contributed by atoms with Crippen LogP contribution in [-0.2, 0) is 72.2 Å². The molecule has 0 amide bonds. The Labute approximate surface area is 447 Å². The van der Waals surface area contributed by atoms with Crippen LogP contribution in [0.15, 0.2) is 60.7 Å². The minimum Gasteiger partial charge on any atom is -1.00 e. The molecule has 2 aromatic heterocycles.